The number of benzene rings is 1. The molecule has 2 aliphatic rings. The SMILES string of the molecule is O=C1Nc2c(F)cccc2NC2CCCC12. The van der Waals surface area contributed by atoms with Crippen molar-refractivity contribution in [3.05, 3.63) is 24.0 Å². The van der Waals surface area contributed by atoms with Gasteiger partial charge in [-0.15, -0.1) is 0 Å². The summed E-state index contributed by atoms with van der Waals surface area (Å²) >= 11 is 0. The normalized spacial score (nSPS) is 27.4. The van der Waals surface area contributed by atoms with Gasteiger partial charge in [-0.05, 0) is 25.0 Å². The highest BCUT2D eigenvalue weighted by molar-refractivity contribution is 5.98. The number of anilines is 2. The van der Waals surface area contributed by atoms with Crippen LogP contribution in [0, 0.1) is 11.7 Å². The lowest BCUT2D eigenvalue weighted by atomic mass is 10.0. The number of rotatable bonds is 0. The summed E-state index contributed by atoms with van der Waals surface area (Å²) in [7, 11) is 0. The molecule has 0 aromatic heterocycles. The Morgan fingerprint density at radius 3 is 3.06 bits per heavy atom. The molecule has 16 heavy (non-hydrogen) atoms. The van der Waals surface area contributed by atoms with E-state index in [1.807, 2.05) is 0 Å². The Hall–Kier alpha value is -1.58. The Morgan fingerprint density at radius 2 is 2.19 bits per heavy atom. The van der Waals surface area contributed by atoms with E-state index in [2.05, 4.69) is 10.6 Å². The van der Waals surface area contributed by atoms with Crippen molar-refractivity contribution >= 4 is 17.3 Å². The first kappa shape index (κ1) is 9.63. The minimum Gasteiger partial charge on any atom is -0.380 e. The monoisotopic (exact) mass is 220 g/mol. The number of amides is 1. The molecule has 4 heteroatoms. The summed E-state index contributed by atoms with van der Waals surface area (Å²) in [5.74, 6) is -0.455. The lowest BCUT2D eigenvalue weighted by molar-refractivity contribution is -0.119. The molecule has 1 aliphatic carbocycles. The van der Waals surface area contributed by atoms with Gasteiger partial charge < -0.3 is 10.6 Å². The lowest BCUT2D eigenvalue weighted by Gasteiger charge is -2.16. The Bertz CT molecular complexity index is 447. The molecule has 1 amide bonds. The fourth-order valence-corrected chi connectivity index (χ4v) is 2.63. The van der Waals surface area contributed by atoms with E-state index in [-0.39, 0.29) is 23.7 Å². The van der Waals surface area contributed by atoms with Crippen LogP contribution in [0.2, 0.25) is 0 Å². The van der Waals surface area contributed by atoms with Gasteiger partial charge in [-0.1, -0.05) is 12.5 Å². The van der Waals surface area contributed by atoms with Crippen LogP contribution in [-0.2, 0) is 4.79 Å². The predicted molar refractivity (Wildman–Crippen MR) is 59.8 cm³/mol. The Morgan fingerprint density at radius 1 is 1.31 bits per heavy atom. The van der Waals surface area contributed by atoms with Crippen LogP contribution in [0.25, 0.3) is 0 Å². The minimum absolute atomic E-state index is 0.0215. The van der Waals surface area contributed by atoms with Crippen molar-refractivity contribution in [1.29, 1.82) is 0 Å². The average Bonchev–Trinajstić information content (AvgIpc) is 2.66. The number of nitrogens with one attached hydrogen (secondary N) is 2. The predicted octanol–water partition coefficient (Wildman–Crippen LogP) is 2.36. The van der Waals surface area contributed by atoms with Crippen molar-refractivity contribution < 1.29 is 9.18 Å². The molecule has 1 fully saturated rings. The van der Waals surface area contributed by atoms with Gasteiger partial charge in [0.15, 0.2) is 0 Å². The van der Waals surface area contributed by atoms with Gasteiger partial charge in [0.2, 0.25) is 5.91 Å². The van der Waals surface area contributed by atoms with Gasteiger partial charge in [0.1, 0.15) is 11.5 Å². The van der Waals surface area contributed by atoms with E-state index in [4.69, 9.17) is 0 Å². The maximum atomic E-state index is 13.5. The highest BCUT2D eigenvalue weighted by atomic mass is 19.1. The summed E-state index contributed by atoms with van der Waals surface area (Å²) in [6.45, 7) is 0. The third-order valence-corrected chi connectivity index (χ3v) is 3.46. The smallest absolute Gasteiger partial charge is 0.229 e. The second-order valence-electron chi connectivity index (χ2n) is 4.44. The summed E-state index contributed by atoms with van der Waals surface area (Å²) in [6, 6.07) is 4.98. The molecule has 0 spiro atoms. The zero-order valence-corrected chi connectivity index (χ0v) is 8.79. The van der Waals surface area contributed by atoms with Crippen molar-refractivity contribution in [3.8, 4) is 0 Å². The maximum Gasteiger partial charge on any atom is 0.229 e. The Balaban J connectivity index is 2.05. The summed E-state index contributed by atoms with van der Waals surface area (Å²) in [5, 5.41) is 5.95. The number of hydrogen-bond acceptors (Lipinski definition) is 2. The van der Waals surface area contributed by atoms with Crippen molar-refractivity contribution in [2.45, 2.75) is 25.3 Å². The first-order valence-corrected chi connectivity index (χ1v) is 5.61. The Labute approximate surface area is 93.0 Å². The van der Waals surface area contributed by atoms with Gasteiger partial charge in [-0.2, -0.15) is 0 Å². The summed E-state index contributed by atoms with van der Waals surface area (Å²) in [4.78, 5) is 11.9. The van der Waals surface area contributed by atoms with Crippen LogP contribution >= 0.6 is 0 Å². The topological polar surface area (TPSA) is 41.1 Å². The molecule has 3 rings (SSSR count). The molecule has 0 bridgehead atoms. The van der Waals surface area contributed by atoms with Crippen LogP contribution in [-0.4, -0.2) is 11.9 Å². The number of hydrogen-bond donors (Lipinski definition) is 2. The highest BCUT2D eigenvalue weighted by Crippen LogP contribution is 2.36. The number of fused-ring (bicyclic) bond motifs is 2. The number of carbonyl (C=O) groups excluding carboxylic acids is 1. The quantitative estimate of drug-likeness (QED) is 0.704. The zero-order valence-electron chi connectivity index (χ0n) is 8.79. The molecular weight excluding hydrogens is 207 g/mol. The van der Waals surface area contributed by atoms with Gasteiger partial charge in [0.05, 0.1) is 11.6 Å². The lowest BCUT2D eigenvalue weighted by Crippen LogP contribution is -2.30. The third-order valence-electron chi connectivity index (χ3n) is 3.46. The maximum absolute atomic E-state index is 13.5. The molecule has 84 valence electrons. The fourth-order valence-electron chi connectivity index (χ4n) is 2.63. The number of carbonyl (C=O) groups is 1. The number of halogens is 1. The van der Waals surface area contributed by atoms with Crippen LogP contribution in [0.1, 0.15) is 19.3 Å². The van der Waals surface area contributed by atoms with Gasteiger partial charge in [-0.3, -0.25) is 4.79 Å². The largest absolute Gasteiger partial charge is 0.380 e. The molecule has 0 radical (unpaired) electrons. The van der Waals surface area contributed by atoms with Crippen molar-refractivity contribution in [1.82, 2.24) is 0 Å². The third kappa shape index (κ3) is 1.37. The van der Waals surface area contributed by atoms with Gasteiger partial charge in [-0.25, -0.2) is 4.39 Å². The summed E-state index contributed by atoms with van der Waals surface area (Å²) in [5.41, 5.74) is 0.990. The Kier molecular flexibility index (Phi) is 2.09. The molecule has 2 unspecified atom stereocenters. The average molecular weight is 220 g/mol. The van der Waals surface area contributed by atoms with E-state index >= 15 is 0 Å². The second kappa shape index (κ2) is 3.47. The molecule has 3 nitrogen and oxygen atoms in total. The molecule has 2 atom stereocenters. The minimum atomic E-state index is -0.377. The fraction of sp³-hybridized carbons (Fsp3) is 0.417. The van der Waals surface area contributed by atoms with Crippen LogP contribution in [0.15, 0.2) is 18.2 Å². The zero-order chi connectivity index (χ0) is 11.1. The first-order valence-electron chi connectivity index (χ1n) is 5.61. The van der Waals surface area contributed by atoms with Crippen molar-refractivity contribution in [3.63, 3.8) is 0 Å². The van der Waals surface area contributed by atoms with Crippen LogP contribution in [0.3, 0.4) is 0 Å². The molecule has 1 aromatic carbocycles. The van der Waals surface area contributed by atoms with Crippen LogP contribution in [0.4, 0.5) is 15.8 Å². The molecule has 1 aromatic rings. The summed E-state index contributed by atoms with van der Waals surface area (Å²) < 4.78 is 13.5. The van der Waals surface area contributed by atoms with E-state index in [0.717, 1.165) is 19.3 Å². The van der Waals surface area contributed by atoms with Gasteiger partial charge >= 0.3 is 0 Å². The van der Waals surface area contributed by atoms with E-state index in [1.165, 1.54) is 6.07 Å². The number of para-hydroxylation sites is 1. The molecule has 1 heterocycles. The summed E-state index contributed by atoms with van der Waals surface area (Å²) in [6.07, 6.45) is 2.92. The van der Waals surface area contributed by atoms with E-state index in [1.54, 1.807) is 12.1 Å². The molecule has 0 saturated heterocycles. The standard InChI is InChI=1S/C12H13FN2O/c13-8-4-2-6-10-11(8)15-12(16)7-3-1-5-9(7)14-10/h2,4,6-7,9,14H,1,3,5H2,(H,15,16). The molecule has 1 saturated carbocycles. The van der Waals surface area contributed by atoms with Crippen molar-refractivity contribution in [2.75, 3.05) is 10.6 Å². The van der Waals surface area contributed by atoms with Gasteiger partial charge in [0.25, 0.3) is 0 Å². The van der Waals surface area contributed by atoms with Crippen molar-refractivity contribution in [2.24, 2.45) is 5.92 Å². The van der Waals surface area contributed by atoms with E-state index in [0.29, 0.717) is 11.4 Å². The van der Waals surface area contributed by atoms with Crippen LogP contribution < -0.4 is 10.6 Å². The second-order valence-corrected chi connectivity index (χ2v) is 4.44. The van der Waals surface area contributed by atoms with E-state index < -0.39 is 0 Å². The molecule has 2 N–H and O–H groups in total. The highest BCUT2D eigenvalue weighted by Gasteiger charge is 2.36. The molecular formula is C12H13FN2O. The first-order chi connectivity index (χ1) is 7.75. The van der Waals surface area contributed by atoms with Crippen LogP contribution in [0.5, 0.6) is 0 Å². The van der Waals surface area contributed by atoms with E-state index in [9.17, 15) is 9.18 Å². The molecule has 1 aliphatic heterocycles. The van der Waals surface area contributed by atoms with Gasteiger partial charge in [0, 0.05) is 6.04 Å².